The summed E-state index contributed by atoms with van der Waals surface area (Å²) in [5.41, 5.74) is 0.676. The summed E-state index contributed by atoms with van der Waals surface area (Å²) in [4.78, 5) is 14.4. The Hall–Kier alpha value is -1.99. The van der Waals surface area contributed by atoms with Crippen molar-refractivity contribution in [2.45, 2.75) is 32.5 Å². The molecule has 0 spiro atoms. The number of piperidine rings is 1. The van der Waals surface area contributed by atoms with Crippen molar-refractivity contribution >= 4 is 11.7 Å². The molecule has 7 heteroatoms. The van der Waals surface area contributed by atoms with E-state index in [9.17, 15) is 4.79 Å². The lowest BCUT2D eigenvalue weighted by molar-refractivity contribution is -0.0431. The first-order chi connectivity index (χ1) is 11.9. The minimum absolute atomic E-state index is 0.206. The Kier molecular flexibility index (Phi) is 5.34. The molecule has 1 saturated heterocycles. The molecule has 0 radical (unpaired) electrons. The fraction of sp³-hybridized carbons (Fsp3) is 0.611. The molecule has 0 unspecified atom stereocenters. The molecular formula is C18H27N3O4. The van der Waals surface area contributed by atoms with Gasteiger partial charge < -0.3 is 30.1 Å². The van der Waals surface area contributed by atoms with Crippen LogP contribution < -0.4 is 20.1 Å². The lowest BCUT2D eigenvalue weighted by Crippen LogP contribution is -2.40. The number of anilines is 1. The number of urea groups is 1. The van der Waals surface area contributed by atoms with Gasteiger partial charge in [0.15, 0.2) is 11.5 Å². The van der Waals surface area contributed by atoms with E-state index in [0.29, 0.717) is 29.6 Å². The van der Waals surface area contributed by atoms with Gasteiger partial charge in [0.05, 0.1) is 6.61 Å². The average Bonchev–Trinajstić information content (AvgIpc) is 2.87. The van der Waals surface area contributed by atoms with Crippen molar-refractivity contribution in [1.29, 1.82) is 0 Å². The molecule has 2 aliphatic rings. The average molecular weight is 349 g/mol. The number of aliphatic hydroxyl groups excluding tert-OH is 1. The third kappa shape index (κ3) is 4.76. The van der Waals surface area contributed by atoms with Crippen molar-refractivity contribution < 1.29 is 19.4 Å². The molecule has 1 fully saturated rings. The normalized spacial score (nSPS) is 19.6. The van der Waals surface area contributed by atoms with E-state index < -0.39 is 5.79 Å². The summed E-state index contributed by atoms with van der Waals surface area (Å²) in [6.45, 7) is 7.26. The number of nitrogens with one attached hydrogen (secondary N) is 2. The van der Waals surface area contributed by atoms with Gasteiger partial charge in [-0.3, -0.25) is 0 Å². The molecule has 3 rings (SSSR count). The van der Waals surface area contributed by atoms with Crippen molar-refractivity contribution in [2.24, 2.45) is 5.92 Å². The van der Waals surface area contributed by atoms with Crippen LogP contribution in [0.3, 0.4) is 0 Å². The molecule has 2 amide bonds. The second kappa shape index (κ2) is 7.49. The van der Waals surface area contributed by atoms with Crippen LogP contribution in [-0.2, 0) is 0 Å². The van der Waals surface area contributed by atoms with E-state index in [0.717, 1.165) is 32.5 Å². The van der Waals surface area contributed by atoms with Crippen LogP contribution in [0.2, 0.25) is 0 Å². The lowest BCUT2D eigenvalue weighted by Gasteiger charge is -2.31. The number of β-amino-alcohol motifs (C(OH)–C–C–N with tert-alkyl or cyclic N) is 1. The number of aliphatic hydroxyl groups is 1. The molecule has 0 aromatic heterocycles. The van der Waals surface area contributed by atoms with Crippen molar-refractivity contribution in [1.82, 2.24) is 10.2 Å². The number of hydrogen-bond donors (Lipinski definition) is 3. The van der Waals surface area contributed by atoms with Gasteiger partial charge in [0, 0.05) is 38.7 Å². The highest BCUT2D eigenvalue weighted by atomic mass is 16.7. The highest BCUT2D eigenvalue weighted by Gasteiger charge is 2.31. The first-order valence-corrected chi connectivity index (χ1v) is 8.85. The molecule has 1 aromatic carbocycles. The first-order valence-electron chi connectivity index (χ1n) is 8.85. The summed E-state index contributed by atoms with van der Waals surface area (Å²) in [5.74, 6) is 1.14. The summed E-state index contributed by atoms with van der Waals surface area (Å²) >= 11 is 0. The molecule has 2 aliphatic heterocycles. The van der Waals surface area contributed by atoms with Crippen LogP contribution in [-0.4, -0.2) is 54.6 Å². The second-order valence-electron chi connectivity index (χ2n) is 7.11. The third-order valence-electron chi connectivity index (χ3n) is 4.59. The molecular weight excluding hydrogens is 322 g/mol. The van der Waals surface area contributed by atoms with E-state index in [1.54, 1.807) is 18.2 Å². The fourth-order valence-corrected chi connectivity index (χ4v) is 3.27. The molecule has 0 bridgehead atoms. The summed E-state index contributed by atoms with van der Waals surface area (Å²) < 4.78 is 11.3. The van der Waals surface area contributed by atoms with Gasteiger partial charge in [-0.25, -0.2) is 4.79 Å². The molecule has 7 nitrogen and oxygen atoms in total. The topological polar surface area (TPSA) is 83.1 Å². The molecule has 2 heterocycles. The Balaban J connectivity index is 1.43. The number of fused-ring (bicyclic) bond motifs is 1. The van der Waals surface area contributed by atoms with Crippen LogP contribution in [0.5, 0.6) is 11.5 Å². The predicted molar refractivity (Wildman–Crippen MR) is 95.0 cm³/mol. The van der Waals surface area contributed by atoms with Crippen molar-refractivity contribution in [3.63, 3.8) is 0 Å². The van der Waals surface area contributed by atoms with Gasteiger partial charge in [0.1, 0.15) is 0 Å². The summed E-state index contributed by atoms with van der Waals surface area (Å²) in [7, 11) is 0. The number of carbonyl (C=O) groups is 1. The van der Waals surface area contributed by atoms with Crippen molar-refractivity contribution in [3.05, 3.63) is 18.2 Å². The highest BCUT2D eigenvalue weighted by Crippen LogP contribution is 2.40. The van der Waals surface area contributed by atoms with E-state index in [1.165, 1.54) is 0 Å². The molecule has 1 aromatic rings. The Labute approximate surface area is 148 Å². The Morgan fingerprint density at radius 2 is 2.00 bits per heavy atom. The summed E-state index contributed by atoms with van der Waals surface area (Å²) in [6, 6.07) is 5.17. The van der Waals surface area contributed by atoms with E-state index >= 15 is 0 Å². The number of benzene rings is 1. The van der Waals surface area contributed by atoms with Crippen LogP contribution in [0.25, 0.3) is 0 Å². The van der Waals surface area contributed by atoms with Crippen LogP contribution in [0.15, 0.2) is 18.2 Å². The monoisotopic (exact) mass is 349 g/mol. The molecule has 0 saturated carbocycles. The Morgan fingerprint density at radius 3 is 2.72 bits per heavy atom. The number of rotatable bonds is 5. The van der Waals surface area contributed by atoms with Gasteiger partial charge in [-0.1, -0.05) is 0 Å². The van der Waals surface area contributed by atoms with Gasteiger partial charge in [0.2, 0.25) is 5.79 Å². The zero-order valence-corrected chi connectivity index (χ0v) is 14.9. The SMILES string of the molecule is CC1(C)Oc2ccc(NC(=O)NCC3CCN(CCO)CC3)cc2O1. The second-order valence-corrected chi connectivity index (χ2v) is 7.11. The number of ether oxygens (including phenoxy) is 2. The van der Waals surface area contributed by atoms with Gasteiger partial charge in [-0.15, -0.1) is 0 Å². The van der Waals surface area contributed by atoms with Crippen LogP contribution >= 0.6 is 0 Å². The Morgan fingerprint density at radius 1 is 1.28 bits per heavy atom. The highest BCUT2D eigenvalue weighted by molar-refractivity contribution is 5.89. The lowest BCUT2D eigenvalue weighted by atomic mass is 9.97. The van der Waals surface area contributed by atoms with E-state index in [1.807, 2.05) is 13.8 Å². The minimum Gasteiger partial charge on any atom is -0.449 e. The predicted octanol–water partition coefficient (Wildman–Crippen LogP) is 2.02. The molecule has 0 aliphatic carbocycles. The molecule has 3 N–H and O–H groups in total. The number of likely N-dealkylation sites (tertiary alicyclic amines) is 1. The van der Waals surface area contributed by atoms with Crippen molar-refractivity contribution in [3.8, 4) is 11.5 Å². The summed E-state index contributed by atoms with van der Waals surface area (Å²) in [5, 5.41) is 14.7. The maximum atomic E-state index is 12.1. The zero-order valence-electron chi connectivity index (χ0n) is 14.9. The zero-order chi connectivity index (χ0) is 17.9. The first kappa shape index (κ1) is 17.8. The van der Waals surface area contributed by atoms with Gasteiger partial charge in [0.25, 0.3) is 0 Å². The van der Waals surface area contributed by atoms with Crippen LogP contribution in [0, 0.1) is 5.92 Å². The minimum atomic E-state index is -0.673. The molecule has 25 heavy (non-hydrogen) atoms. The largest absolute Gasteiger partial charge is 0.449 e. The van der Waals surface area contributed by atoms with Crippen LogP contribution in [0.1, 0.15) is 26.7 Å². The summed E-state index contributed by atoms with van der Waals surface area (Å²) in [6.07, 6.45) is 2.08. The van der Waals surface area contributed by atoms with Gasteiger partial charge >= 0.3 is 6.03 Å². The quantitative estimate of drug-likeness (QED) is 0.757. The number of amides is 2. The number of carbonyl (C=O) groups excluding carboxylic acids is 1. The smallest absolute Gasteiger partial charge is 0.319 e. The maximum Gasteiger partial charge on any atom is 0.319 e. The van der Waals surface area contributed by atoms with Crippen molar-refractivity contribution in [2.75, 3.05) is 38.1 Å². The third-order valence-corrected chi connectivity index (χ3v) is 4.59. The molecule has 138 valence electrons. The fourth-order valence-electron chi connectivity index (χ4n) is 3.27. The van der Waals surface area contributed by atoms with E-state index in [-0.39, 0.29) is 12.6 Å². The standard InChI is InChI=1S/C18H27N3O4/c1-18(2)24-15-4-3-14(11-16(15)25-18)20-17(23)19-12-13-5-7-21(8-6-13)9-10-22/h3-4,11,13,22H,5-10,12H2,1-2H3,(H2,19,20,23). The van der Waals surface area contributed by atoms with Gasteiger partial charge in [-0.2, -0.15) is 0 Å². The van der Waals surface area contributed by atoms with Gasteiger partial charge in [-0.05, 0) is 44.0 Å². The Bertz CT molecular complexity index is 612. The molecule has 0 atom stereocenters. The van der Waals surface area contributed by atoms with E-state index in [2.05, 4.69) is 15.5 Å². The number of nitrogens with zero attached hydrogens (tertiary/aromatic N) is 1. The van der Waals surface area contributed by atoms with E-state index in [4.69, 9.17) is 14.6 Å². The number of hydrogen-bond acceptors (Lipinski definition) is 5. The maximum absolute atomic E-state index is 12.1. The van der Waals surface area contributed by atoms with Crippen LogP contribution in [0.4, 0.5) is 10.5 Å².